The molecular formula is C16H18N2O3. The predicted molar refractivity (Wildman–Crippen MR) is 78.9 cm³/mol. The Kier molecular flexibility index (Phi) is 3.64. The zero-order chi connectivity index (χ0) is 14.8. The molecule has 1 aliphatic heterocycles. The largest absolute Gasteiger partial charge is 0.451 e. The van der Waals surface area contributed by atoms with Crippen LogP contribution in [0.4, 0.5) is 0 Å². The quantitative estimate of drug-likeness (QED) is 0.919. The molecular weight excluding hydrogens is 268 g/mol. The van der Waals surface area contributed by atoms with Crippen molar-refractivity contribution < 1.29 is 14.0 Å². The standard InChI is InChI=1S/C16H18N2O3/c1-17-15(19)11-6-8-18(9-7-11)16(20)14-10-12-4-2-3-5-13(12)21-14/h2-5,10-11H,6-9H2,1H3,(H,17,19). The van der Waals surface area contributed by atoms with Gasteiger partial charge in [-0.05, 0) is 25.0 Å². The molecule has 3 rings (SSSR count). The summed E-state index contributed by atoms with van der Waals surface area (Å²) in [5, 5.41) is 3.60. The fraction of sp³-hybridized carbons (Fsp3) is 0.375. The minimum atomic E-state index is -0.0958. The topological polar surface area (TPSA) is 62.6 Å². The van der Waals surface area contributed by atoms with Gasteiger partial charge in [-0.1, -0.05) is 18.2 Å². The number of piperidine rings is 1. The average molecular weight is 286 g/mol. The van der Waals surface area contributed by atoms with Crippen molar-refractivity contribution in [3.05, 3.63) is 36.1 Å². The summed E-state index contributed by atoms with van der Waals surface area (Å²) >= 11 is 0. The molecule has 21 heavy (non-hydrogen) atoms. The molecule has 1 aromatic carbocycles. The van der Waals surface area contributed by atoms with Crippen LogP contribution in [0.3, 0.4) is 0 Å². The molecule has 0 saturated carbocycles. The third kappa shape index (κ3) is 2.63. The van der Waals surface area contributed by atoms with E-state index in [4.69, 9.17) is 4.42 Å². The van der Waals surface area contributed by atoms with Crippen LogP contribution in [0.2, 0.25) is 0 Å². The number of fused-ring (bicyclic) bond motifs is 1. The van der Waals surface area contributed by atoms with Gasteiger partial charge in [0.1, 0.15) is 5.58 Å². The minimum Gasteiger partial charge on any atom is -0.451 e. The molecule has 5 heteroatoms. The summed E-state index contributed by atoms with van der Waals surface area (Å²) in [5.41, 5.74) is 0.723. The number of hydrogen-bond donors (Lipinski definition) is 1. The molecule has 0 spiro atoms. The van der Waals surface area contributed by atoms with E-state index in [0.29, 0.717) is 31.7 Å². The SMILES string of the molecule is CNC(=O)C1CCN(C(=O)c2cc3ccccc3o2)CC1. The first-order chi connectivity index (χ1) is 10.2. The Morgan fingerprint density at radius 3 is 2.62 bits per heavy atom. The molecule has 110 valence electrons. The molecule has 2 aromatic rings. The van der Waals surface area contributed by atoms with Crippen molar-refractivity contribution in [3.63, 3.8) is 0 Å². The number of carbonyl (C=O) groups is 2. The van der Waals surface area contributed by atoms with Crippen LogP contribution in [-0.4, -0.2) is 36.9 Å². The number of hydrogen-bond acceptors (Lipinski definition) is 3. The fourth-order valence-electron chi connectivity index (χ4n) is 2.79. The monoisotopic (exact) mass is 286 g/mol. The van der Waals surface area contributed by atoms with Crippen molar-refractivity contribution in [1.82, 2.24) is 10.2 Å². The number of furan rings is 1. The van der Waals surface area contributed by atoms with Gasteiger partial charge in [-0.15, -0.1) is 0 Å². The third-order valence-corrected chi connectivity index (χ3v) is 4.04. The van der Waals surface area contributed by atoms with Gasteiger partial charge < -0.3 is 14.6 Å². The van der Waals surface area contributed by atoms with E-state index in [-0.39, 0.29) is 17.7 Å². The summed E-state index contributed by atoms with van der Waals surface area (Å²) in [6, 6.07) is 9.36. The lowest BCUT2D eigenvalue weighted by Gasteiger charge is -2.30. The zero-order valence-corrected chi connectivity index (χ0v) is 12.0. The molecule has 5 nitrogen and oxygen atoms in total. The van der Waals surface area contributed by atoms with E-state index in [1.165, 1.54) is 0 Å². The number of benzene rings is 1. The average Bonchev–Trinajstić information content (AvgIpc) is 2.97. The Hall–Kier alpha value is -2.30. The summed E-state index contributed by atoms with van der Waals surface area (Å²) in [4.78, 5) is 25.8. The summed E-state index contributed by atoms with van der Waals surface area (Å²) in [5.74, 6) is 0.344. The lowest BCUT2D eigenvalue weighted by molar-refractivity contribution is -0.125. The van der Waals surface area contributed by atoms with E-state index >= 15 is 0 Å². The van der Waals surface area contributed by atoms with Crippen molar-refractivity contribution in [2.24, 2.45) is 5.92 Å². The van der Waals surface area contributed by atoms with Crippen LogP contribution >= 0.6 is 0 Å². The molecule has 0 aliphatic carbocycles. The Morgan fingerprint density at radius 1 is 1.24 bits per heavy atom. The van der Waals surface area contributed by atoms with Crippen LogP contribution in [0, 0.1) is 5.92 Å². The highest BCUT2D eigenvalue weighted by Crippen LogP contribution is 2.23. The molecule has 1 aromatic heterocycles. The minimum absolute atomic E-state index is 0.00900. The number of likely N-dealkylation sites (tertiary alicyclic amines) is 1. The summed E-state index contributed by atoms with van der Waals surface area (Å²) in [7, 11) is 1.65. The van der Waals surface area contributed by atoms with Gasteiger partial charge in [-0.25, -0.2) is 0 Å². The van der Waals surface area contributed by atoms with Gasteiger partial charge in [-0.2, -0.15) is 0 Å². The summed E-state index contributed by atoms with van der Waals surface area (Å²) < 4.78 is 5.61. The zero-order valence-electron chi connectivity index (χ0n) is 12.0. The molecule has 0 unspecified atom stereocenters. The molecule has 1 N–H and O–H groups in total. The Labute approximate surface area is 122 Å². The van der Waals surface area contributed by atoms with Gasteiger partial charge >= 0.3 is 0 Å². The first kappa shape index (κ1) is 13.7. The Balaban J connectivity index is 1.70. The maximum Gasteiger partial charge on any atom is 0.289 e. The molecule has 1 saturated heterocycles. The van der Waals surface area contributed by atoms with Gasteiger partial charge in [0, 0.05) is 31.4 Å². The van der Waals surface area contributed by atoms with Gasteiger partial charge in [0.15, 0.2) is 5.76 Å². The normalized spacial score (nSPS) is 16.1. The molecule has 1 aliphatic rings. The molecule has 2 heterocycles. The second kappa shape index (κ2) is 5.60. The second-order valence-electron chi connectivity index (χ2n) is 5.33. The van der Waals surface area contributed by atoms with E-state index in [0.717, 1.165) is 11.0 Å². The predicted octanol–water partition coefficient (Wildman–Crippen LogP) is 2.03. The summed E-state index contributed by atoms with van der Waals surface area (Å²) in [6.07, 6.45) is 1.40. The number of carbonyl (C=O) groups excluding carboxylic acids is 2. The van der Waals surface area contributed by atoms with E-state index in [1.807, 2.05) is 24.3 Å². The third-order valence-electron chi connectivity index (χ3n) is 4.04. The highest BCUT2D eigenvalue weighted by Gasteiger charge is 2.28. The van der Waals surface area contributed by atoms with Crippen LogP contribution in [0.25, 0.3) is 11.0 Å². The van der Waals surface area contributed by atoms with E-state index in [1.54, 1.807) is 18.0 Å². The van der Waals surface area contributed by atoms with Crippen molar-refractivity contribution in [3.8, 4) is 0 Å². The van der Waals surface area contributed by atoms with Crippen LogP contribution in [0.5, 0.6) is 0 Å². The highest BCUT2D eigenvalue weighted by atomic mass is 16.3. The number of amides is 2. The van der Waals surface area contributed by atoms with Crippen LogP contribution in [0.15, 0.2) is 34.7 Å². The van der Waals surface area contributed by atoms with Gasteiger partial charge in [0.2, 0.25) is 5.91 Å². The molecule has 0 radical (unpaired) electrons. The Bertz CT molecular complexity index is 636. The summed E-state index contributed by atoms with van der Waals surface area (Å²) in [6.45, 7) is 1.18. The van der Waals surface area contributed by atoms with Gasteiger partial charge in [-0.3, -0.25) is 9.59 Å². The van der Waals surface area contributed by atoms with E-state index < -0.39 is 0 Å². The maximum atomic E-state index is 12.4. The van der Waals surface area contributed by atoms with Crippen molar-refractivity contribution in [2.75, 3.05) is 20.1 Å². The maximum absolute atomic E-state index is 12.4. The number of nitrogens with zero attached hydrogens (tertiary/aromatic N) is 1. The van der Waals surface area contributed by atoms with Crippen LogP contribution in [-0.2, 0) is 4.79 Å². The first-order valence-corrected chi connectivity index (χ1v) is 7.18. The van der Waals surface area contributed by atoms with E-state index in [2.05, 4.69) is 5.32 Å². The lowest BCUT2D eigenvalue weighted by Crippen LogP contribution is -2.42. The second-order valence-corrected chi connectivity index (χ2v) is 5.33. The Morgan fingerprint density at radius 2 is 1.95 bits per heavy atom. The molecule has 0 atom stereocenters. The smallest absolute Gasteiger partial charge is 0.289 e. The van der Waals surface area contributed by atoms with Crippen molar-refractivity contribution >= 4 is 22.8 Å². The lowest BCUT2D eigenvalue weighted by atomic mass is 9.96. The first-order valence-electron chi connectivity index (χ1n) is 7.18. The molecule has 1 fully saturated rings. The van der Waals surface area contributed by atoms with Gasteiger partial charge in [0.25, 0.3) is 5.91 Å². The fourth-order valence-corrected chi connectivity index (χ4v) is 2.79. The highest BCUT2D eigenvalue weighted by molar-refractivity contribution is 5.96. The number of para-hydroxylation sites is 1. The molecule has 2 amide bonds. The van der Waals surface area contributed by atoms with E-state index in [9.17, 15) is 9.59 Å². The number of nitrogens with one attached hydrogen (secondary N) is 1. The van der Waals surface area contributed by atoms with Crippen LogP contribution < -0.4 is 5.32 Å². The molecule has 0 bridgehead atoms. The van der Waals surface area contributed by atoms with Gasteiger partial charge in [0.05, 0.1) is 0 Å². The van der Waals surface area contributed by atoms with Crippen molar-refractivity contribution in [1.29, 1.82) is 0 Å². The van der Waals surface area contributed by atoms with Crippen molar-refractivity contribution in [2.45, 2.75) is 12.8 Å². The number of rotatable bonds is 2. The van der Waals surface area contributed by atoms with Crippen LogP contribution in [0.1, 0.15) is 23.4 Å².